The van der Waals surface area contributed by atoms with Crippen molar-refractivity contribution in [3.8, 4) is 5.69 Å². The van der Waals surface area contributed by atoms with E-state index >= 15 is 0 Å². The van der Waals surface area contributed by atoms with E-state index in [0.29, 0.717) is 19.6 Å². The lowest BCUT2D eigenvalue weighted by atomic mass is 10.2. The normalized spacial score (nSPS) is 17.2. The number of hydrogen-bond donors (Lipinski definition) is 1. The Morgan fingerprint density at radius 3 is 2.57 bits per heavy atom. The smallest absolute Gasteiger partial charge is 0.239 e. The summed E-state index contributed by atoms with van der Waals surface area (Å²) in [5.74, 6) is 0.807. The van der Waals surface area contributed by atoms with Crippen LogP contribution < -0.4 is 5.73 Å². The fourth-order valence-corrected chi connectivity index (χ4v) is 2.69. The van der Waals surface area contributed by atoms with Crippen molar-refractivity contribution in [3.05, 3.63) is 36.2 Å². The van der Waals surface area contributed by atoms with Crippen molar-refractivity contribution in [1.82, 2.24) is 30.0 Å². The summed E-state index contributed by atoms with van der Waals surface area (Å²) in [6.07, 6.45) is 0. The second-order valence-corrected chi connectivity index (χ2v) is 5.73. The maximum atomic E-state index is 11.9. The SMILES string of the molecule is C[C@@H](N)C(=O)N1CCN(Cc2nnnn2-c2ccccc2)CC1. The van der Waals surface area contributed by atoms with Crippen LogP contribution in [-0.2, 0) is 11.3 Å². The van der Waals surface area contributed by atoms with Gasteiger partial charge in [-0.25, -0.2) is 0 Å². The number of aromatic nitrogens is 4. The molecule has 1 aromatic carbocycles. The predicted molar refractivity (Wildman–Crippen MR) is 84.7 cm³/mol. The second kappa shape index (κ2) is 6.84. The number of tetrazole rings is 1. The second-order valence-electron chi connectivity index (χ2n) is 5.73. The molecule has 23 heavy (non-hydrogen) atoms. The predicted octanol–water partition coefficient (Wildman–Crippen LogP) is -0.346. The zero-order chi connectivity index (χ0) is 16.2. The van der Waals surface area contributed by atoms with Crippen molar-refractivity contribution in [3.63, 3.8) is 0 Å². The molecule has 2 N–H and O–H groups in total. The Hall–Kier alpha value is -2.32. The van der Waals surface area contributed by atoms with Crippen molar-refractivity contribution >= 4 is 5.91 Å². The first-order valence-corrected chi connectivity index (χ1v) is 7.74. The van der Waals surface area contributed by atoms with E-state index in [0.717, 1.165) is 24.6 Å². The van der Waals surface area contributed by atoms with E-state index in [-0.39, 0.29) is 5.91 Å². The molecule has 1 aromatic heterocycles. The zero-order valence-corrected chi connectivity index (χ0v) is 13.2. The summed E-state index contributed by atoms with van der Waals surface area (Å²) < 4.78 is 1.75. The van der Waals surface area contributed by atoms with Gasteiger partial charge in [-0.05, 0) is 29.5 Å². The van der Waals surface area contributed by atoms with Gasteiger partial charge in [-0.15, -0.1) is 5.10 Å². The highest BCUT2D eigenvalue weighted by molar-refractivity contribution is 5.81. The summed E-state index contributed by atoms with van der Waals surface area (Å²) in [4.78, 5) is 16.0. The van der Waals surface area contributed by atoms with Gasteiger partial charge in [0.1, 0.15) is 0 Å². The summed E-state index contributed by atoms with van der Waals surface area (Å²) in [5.41, 5.74) is 6.60. The standard InChI is InChI=1S/C15H21N7O/c1-12(16)15(23)21-9-7-20(8-10-21)11-14-17-18-19-22(14)13-5-3-2-4-6-13/h2-6,12H,7-11,16H2,1H3/t12-/m1/s1. The first-order chi connectivity index (χ1) is 11.1. The molecule has 1 fully saturated rings. The molecule has 122 valence electrons. The average molecular weight is 315 g/mol. The molecular formula is C15H21N7O. The Bertz CT molecular complexity index is 647. The lowest BCUT2D eigenvalue weighted by Crippen LogP contribution is -2.52. The Labute approximate surface area is 134 Å². The number of amides is 1. The van der Waals surface area contributed by atoms with Crippen molar-refractivity contribution in [1.29, 1.82) is 0 Å². The van der Waals surface area contributed by atoms with Gasteiger partial charge in [-0.3, -0.25) is 9.69 Å². The molecule has 0 saturated carbocycles. The molecule has 1 amide bonds. The van der Waals surface area contributed by atoms with Gasteiger partial charge in [0.2, 0.25) is 5.91 Å². The molecule has 1 saturated heterocycles. The van der Waals surface area contributed by atoms with E-state index in [1.54, 1.807) is 11.6 Å². The van der Waals surface area contributed by atoms with E-state index in [2.05, 4.69) is 20.4 Å². The summed E-state index contributed by atoms with van der Waals surface area (Å²) in [7, 11) is 0. The maximum absolute atomic E-state index is 11.9. The van der Waals surface area contributed by atoms with Gasteiger partial charge in [0.05, 0.1) is 18.3 Å². The van der Waals surface area contributed by atoms with Crippen molar-refractivity contribution in [2.24, 2.45) is 5.73 Å². The van der Waals surface area contributed by atoms with Crippen LogP contribution in [-0.4, -0.2) is 68.1 Å². The third kappa shape index (κ3) is 3.54. The molecule has 1 aliphatic rings. The number of carbonyl (C=O) groups is 1. The van der Waals surface area contributed by atoms with Gasteiger partial charge >= 0.3 is 0 Å². The van der Waals surface area contributed by atoms with Crippen LogP contribution >= 0.6 is 0 Å². The Balaban J connectivity index is 1.62. The van der Waals surface area contributed by atoms with Gasteiger partial charge in [-0.2, -0.15) is 4.68 Å². The number of nitrogens with two attached hydrogens (primary N) is 1. The van der Waals surface area contributed by atoms with Gasteiger partial charge in [-0.1, -0.05) is 18.2 Å². The van der Waals surface area contributed by atoms with Crippen molar-refractivity contribution < 1.29 is 4.79 Å². The Morgan fingerprint density at radius 1 is 1.22 bits per heavy atom. The van der Waals surface area contributed by atoms with Crippen LogP contribution in [0.2, 0.25) is 0 Å². The molecule has 8 nitrogen and oxygen atoms in total. The highest BCUT2D eigenvalue weighted by atomic mass is 16.2. The van der Waals surface area contributed by atoms with Crippen LogP contribution in [0, 0.1) is 0 Å². The van der Waals surface area contributed by atoms with Gasteiger partial charge in [0, 0.05) is 26.2 Å². The molecular weight excluding hydrogens is 294 g/mol. The van der Waals surface area contributed by atoms with E-state index in [1.807, 2.05) is 35.2 Å². The Morgan fingerprint density at radius 2 is 1.91 bits per heavy atom. The number of benzene rings is 1. The summed E-state index contributed by atoms with van der Waals surface area (Å²) in [5, 5.41) is 12.0. The minimum absolute atomic E-state index is 0.0127. The van der Waals surface area contributed by atoms with Crippen LogP contribution in [0.5, 0.6) is 0 Å². The molecule has 0 radical (unpaired) electrons. The van der Waals surface area contributed by atoms with E-state index in [9.17, 15) is 4.79 Å². The third-order valence-corrected chi connectivity index (χ3v) is 3.97. The number of nitrogens with zero attached hydrogens (tertiary/aromatic N) is 6. The quantitative estimate of drug-likeness (QED) is 0.829. The maximum Gasteiger partial charge on any atom is 0.239 e. The first kappa shape index (κ1) is 15.6. The number of hydrogen-bond acceptors (Lipinski definition) is 6. The molecule has 8 heteroatoms. The number of rotatable bonds is 4. The molecule has 0 unspecified atom stereocenters. The lowest BCUT2D eigenvalue weighted by Gasteiger charge is -2.35. The first-order valence-electron chi connectivity index (χ1n) is 7.74. The largest absolute Gasteiger partial charge is 0.339 e. The van der Waals surface area contributed by atoms with Crippen LogP contribution in [0.4, 0.5) is 0 Å². The monoisotopic (exact) mass is 315 g/mol. The van der Waals surface area contributed by atoms with Gasteiger partial charge in [0.15, 0.2) is 5.82 Å². The highest BCUT2D eigenvalue weighted by Crippen LogP contribution is 2.11. The summed E-state index contributed by atoms with van der Waals surface area (Å²) in [6.45, 7) is 5.34. The van der Waals surface area contributed by atoms with Crippen LogP contribution in [0.1, 0.15) is 12.7 Å². The van der Waals surface area contributed by atoms with Crippen LogP contribution in [0.25, 0.3) is 5.69 Å². The lowest BCUT2D eigenvalue weighted by molar-refractivity contribution is -0.134. The van der Waals surface area contributed by atoms with Crippen molar-refractivity contribution in [2.75, 3.05) is 26.2 Å². The number of piperazine rings is 1. The Kier molecular flexibility index (Phi) is 4.63. The minimum atomic E-state index is -0.438. The minimum Gasteiger partial charge on any atom is -0.339 e. The molecule has 1 aliphatic heterocycles. The molecule has 2 heterocycles. The van der Waals surface area contributed by atoms with Crippen LogP contribution in [0.15, 0.2) is 30.3 Å². The van der Waals surface area contributed by atoms with Crippen LogP contribution in [0.3, 0.4) is 0 Å². The molecule has 0 bridgehead atoms. The fraction of sp³-hybridized carbons (Fsp3) is 0.467. The molecule has 1 atom stereocenters. The van der Waals surface area contributed by atoms with Gasteiger partial charge < -0.3 is 10.6 Å². The van der Waals surface area contributed by atoms with Gasteiger partial charge in [0.25, 0.3) is 0 Å². The topological polar surface area (TPSA) is 93.2 Å². The highest BCUT2D eigenvalue weighted by Gasteiger charge is 2.24. The number of para-hydroxylation sites is 1. The zero-order valence-electron chi connectivity index (χ0n) is 13.2. The molecule has 0 aliphatic carbocycles. The van der Waals surface area contributed by atoms with E-state index < -0.39 is 6.04 Å². The van der Waals surface area contributed by atoms with Crippen molar-refractivity contribution in [2.45, 2.75) is 19.5 Å². The third-order valence-electron chi connectivity index (χ3n) is 3.97. The number of carbonyl (C=O) groups excluding carboxylic acids is 1. The van der Waals surface area contributed by atoms with E-state index in [4.69, 9.17) is 5.73 Å². The van der Waals surface area contributed by atoms with E-state index in [1.165, 1.54) is 0 Å². The molecule has 0 spiro atoms. The molecule has 2 aromatic rings. The summed E-state index contributed by atoms with van der Waals surface area (Å²) in [6, 6.07) is 9.38. The molecule has 3 rings (SSSR count). The summed E-state index contributed by atoms with van der Waals surface area (Å²) >= 11 is 0. The fourth-order valence-electron chi connectivity index (χ4n) is 2.69. The average Bonchev–Trinajstić information content (AvgIpc) is 3.04.